The van der Waals surface area contributed by atoms with Crippen LogP contribution < -0.4 is 5.56 Å². The minimum absolute atomic E-state index is 0.194. The molecular weight excluding hydrogens is 400 g/mol. The summed E-state index contributed by atoms with van der Waals surface area (Å²) in [6, 6.07) is 17.5. The van der Waals surface area contributed by atoms with E-state index >= 15 is 0 Å². The van der Waals surface area contributed by atoms with Crippen LogP contribution in [0.25, 0.3) is 26.6 Å². The lowest BCUT2D eigenvalue weighted by Crippen LogP contribution is -2.21. The predicted octanol–water partition coefficient (Wildman–Crippen LogP) is 3.87. The largest absolute Gasteiger partial charge is 0.354 e. The summed E-state index contributed by atoms with van der Waals surface area (Å²) in [5, 5.41) is 3.84. The first-order chi connectivity index (χ1) is 14.6. The molecule has 0 radical (unpaired) electrons. The molecule has 0 atom stereocenters. The number of aliphatic imine (C=N–C) groups is 1. The summed E-state index contributed by atoms with van der Waals surface area (Å²) in [6.07, 6.45) is -0.467. The molecule has 8 heteroatoms. The number of nitrogens with one attached hydrogen (secondary N) is 1. The first-order valence-corrected chi connectivity index (χ1v) is 10.3. The number of aromatic amines is 1. The number of hydrogen-bond donors (Lipinski definition) is 1. The summed E-state index contributed by atoms with van der Waals surface area (Å²) in [5.41, 5.74) is 3.37. The summed E-state index contributed by atoms with van der Waals surface area (Å²) in [5.74, 6) is 0. The maximum atomic E-state index is 13.4. The molecule has 0 fully saturated rings. The van der Waals surface area contributed by atoms with Crippen molar-refractivity contribution in [3.63, 3.8) is 0 Å². The second-order valence-electron chi connectivity index (χ2n) is 6.66. The SMILES string of the molecule is COC(CN=C(C)c1c(-c2ccccc2)[nH]n(-c2nc3ccccc3s2)c1=O)OC. The summed E-state index contributed by atoms with van der Waals surface area (Å²) in [7, 11) is 3.12. The van der Waals surface area contributed by atoms with Gasteiger partial charge in [0.15, 0.2) is 6.29 Å². The van der Waals surface area contributed by atoms with E-state index in [-0.39, 0.29) is 5.56 Å². The summed E-state index contributed by atoms with van der Waals surface area (Å²) < 4.78 is 12.9. The molecule has 2 heterocycles. The van der Waals surface area contributed by atoms with Crippen LogP contribution in [0.4, 0.5) is 0 Å². The third kappa shape index (κ3) is 3.85. The van der Waals surface area contributed by atoms with Crippen molar-refractivity contribution in [1.29, 1.82) is 0 Å². The van der Waals surface area contributed by atoms with E-state index in [1.165, 1.54) is 16.0 Å². The highest BCUT2D eigenvalue weighted by Crippen LogP contribution is 2.26. The van der Waals surface area contributed by atoms with Gasteiger partial charge in [0, 0.05) is 25.5 Å². The van der Waals surface area contributed by atoms with Crippen LogP contribution in [0, 0.1) is 0 Å². The Hall–Kier alpha value is -3.07. The number of benzene rings is 2. The van der Waals surface area contributed by atoms with Gasteiger partial charge in [0.25, 0.3) is 5.56 Å². The first-order valence-electron chi connectivity index (χ1n) is 9.45. The molecule has 0 unspecified atom stereocenters. The maximum Gasteiger partial charge on any atom is 0.283 e. The summed E-state index contributed by atoms with van der Waals surface area (Å²) in [4.78, 5) is 22.6. The summed E-state index contributed by atoms with van der Waals surface area (Å²) in [6.45, 7) is 2.11. The molecule has 0 saturated carbocycles. The lowest BCUT2D eigenvalue weighted by atomic mass is 10.1. The van der Waals surface area contributed by atoms with Crippen LogP contribution in [0.2, 0.25) is 0 Å². The van der Waals surface area contributed by atoms with Gasteiger partial charge in [-0.3, -0.25) is 14.9 Å². The van der Waals surface area contributed by atoms with Gasteiger partial charge in [0.1, 0.15) is 0 Å². The van der Waals surface area contributed by atoms with Gasteiger partial charge >= 0.3 is 0 Å². The minimum Gasteiger partial charge on any atom is -0.354 e. The zero-order chi connectivity index (χ0) is 21.1. The van der Waals surface area contributed by atoms with Gasteiger partial charge in [0.05, 0.1) is 28.0 Å². The Balaban J connectivity index is 1.85. The second kappa shape index (κ2) is 8.74. The van der Waals surface area contributed by atoms with E-state index in [2.05, 4.69) is 15.1 Å². The van der Waals surface area contributed by atoms with E-state index in [1.54, 1.807) is 14.2 Å². The molecule has 4 rings (SSSR count). The number of para-hydroxylation sites is 1. The Bertz CT molecular complexity index is 1200. The monoisotopic (exact) mass is 422 g/mol. The maximum absolute atomic E-state index is 13.4. The number of H-pyrrole nitrogens is 1. The highest BCUT2D eigenvalue weighted by atomic mass is 32.1. The predicted molar refractivity (Wildman–Crippen MR) is 120 cm³/mol. The zero-order valence-electron chi connectivity index (χ0n) is 17.0. The Labute approximate surface area is 177 Å². The van der Waals surface area contributed by atoms with Crippen LogP contribution in [0.3, 0.4) is 0 Å². The number of rotatable bonds is 7. The number of methoxy groups -OCH3 is 2. The number of hydrogen-bond acceptors (Lipinski definition) is 6. The third-order valence-electron chi connectivity index (χ3n) is 4.79. The van der Waals surface area contributed by atoms with E-state index in [0.717, 1.165) is 15.8 Å². The van der Waals surface area contributed by atoms with Gasteiger partial charge in [-0.05, 0) is 19.1 Å². The molecule has 7 nitrogen and oxygen atoms in total. The van der Waals surface area contributed by atoms with E-state index < -0.39 is 6.29 Å². The number of nitrogens with zero attached hydrogens (tertiary/aromatic N) is 3. The highest BCUT2D eigenvalue weighted by Gasteiger charge is 2.21. The summed E-state index contributed by atoms with van der Waals surface area (Å²) >= 11 is 1.46. The molecule has 0 amide bonds. The third-order valence-corrected chi connectivity index (χ3v) is 5.81. The molecule has 30 heavy (non-hydrogen) atoms. The Morgan fingerprint density at radius 1 is 1.13 bits per heavy atom. The highest BCUT2D eigenvalue weighted by molar-refractivity contribution is 7.20. The van der Waals surface area contributed by atoms with E-state index in [1.807, 2.05) is 61.5 Å². The van der Waals surface area contributed by atoms with Crippen LogP contribution in [0.1, 0.15) is 12.5 Å². The molecule has 4 aromatic rings. The topological polar surface area (TPSA) is 81.5 Å². The van der Waals surface area contributed by atoms with Crippen molar-refractivity contribution in [3.8, 4) is 16.4 Å². The fraction of sp³-hybridized carbons (Fsp3) is 0.227. The molecule has 0 bridgehead atoms. The van der Waals surface area contributed by atoms with Crippen LogP contribution in [-0.2, 0) is 9.47 Å². The normalized spacial score (nSPS) is 12.2. The quantitative estimate of drug-likeness (QED) is 0.362. The van der Waals surface area contributed by atoms with Crippen LogP contribution >= 0.6 is 11.3 Å². The number of fused-ring (bicyclic) bond motifs is 1. The zero-order valence-corrected chi connectivity index (χ0v) is 17.8. The molecular formula is C22H22N4O3S. The van der Waals surface area contributed by atoms with E-state index in [9.17, 15) is 4.79 Å². The van der Waals surface area contributed by atoms with Crippen molar-refractivity contribution >= 4 is 27.3 Å². The second-order valence-corrected chi connectivity index (χ2v) is 7.67. The van der Waals surface area contributed by atoms with Gasteiger partial charge in [-0.2, -0.15) is 4.68 Å². The van der Waals surface area contributed by atoms with Gasteiger partial charge in [-0.15, -0.1) is 0 Å². The number of thiazole rings is 1. The fourth-order valence-electron chi connectivity index (χ4n) is 3.21. The molecule has 0 aliphatic heterocycles. The van der Waals surface area contributed by atoms with Crippen LogP contribution in [-0.4, -0.2) is 47.5 Å². The average molecular weight is 423 g/mol. The van der Waals surface area contributed by atoms with Crippen molar-refractivity contribution in [3.05, 3.63) is 70.5 Å². The molecule has 154 valence electrons. The molecule has 2 aromatic carbocycles. The van der Waals surface area contributed by atoms with Crippen molar-refractivity contribution in [2.75, 3.05) is 20.8 Å². The average Bonchev–Trinajstić information content (AvgIpc) is 3.35. The number of ether oxygens (including phenoxy) is 2. The lowest BCUT2D eigenvalue weighted by Gasteiger charge is -2.10. The van der Waals surface area contributed by atoms with Gasteiger partial charge in [-0.25, -0.2) is 4.98 Å². The van der Waals surface area contributed by atoms with Gasteiger partial charge in [0.2, 0.25) is 5.13 Å². The van der Waals surface area contributed by atoms with E-state index in [4.69, 9.17) is 9.47 Å². The molecule has 0 spiro atoms. The smallest absolute Gasteiger partial charge is 0.283 e. The van der Waals surface area contributed by atoms with Crippen molar-refractivity contribution in [2.24, 2.45) is 4.99 Å². The Morgan fingerprint density at radius 2 is 1.83 bits per heavy atom. The lowest BCUT2D eigenvalue weighted by molar-refractivity contribution is -0.0936. The van der Waals surface area contributed by atoms with Crippen LogP contribution in [0.15, 0.2) is 64.4 Å². The van der Waals surface area contributed by atoms with E-state index in [0.29, 0.717) is 28.6 Å². The molecule has 0 saturated heterocycles. The fourth-order valence-corrected chi connectivity index (χ4v) is 4.14. The molecule has 1 N–H and O–H groups in total. The Morgan fingerprint density at radius 3 is 2.53 bits per heavy atom. The van der Waals surface area contributed by atoms with Crippen molar-refractivity contribution < 1.29 is 9.47 Å². The van der Waals surface area contributed by atoms with Gasteiger partial charge in [-0.1, -0.05) is 53.8 Å². The minimum atomic E-state index is -0.467. The Kier molecular flexibility index (Phi) is 5.89. The molecule has 0 aliphatic rings. The first kappa shape index (κ1) is 20.2. The molecule has 0 aliphatic carbocycles. The number of aromatic nitrogens is 3. The van der Waals surface area contributed by atoms with Crippen LogP contribution in [0.5, 0.6) is 0 Å². The standard InChI is InChI=1S/C22H22N4O3S/c1-14(23-13-18(28-2)29-3)19-20(15-9-5-4-6-10-15)25-26(21(19)27)22-24-16-11-7-8-12-17(16)30-22/h4-12,18,25H,13H2,1-3H3. The molecule has 2 aromatic heterocycles. The van der Waals surface area contributed by atoms with Crippen molar-refractivity contribution in [2.45, 2.75) is 13.2 Å². The van der Waals surface area contributed by atoms with Crippen molar-refractivity contribution in [1.82, 2.24) is 14.8 Å². The van der Waals surface area contributed by atoms with Gasteiger partial charge < -0.3 is 9.47 Å².